The number of rotatable bonds is 8. The molecule has 0 spiro atoms. The number of aryl methyl sites for hydroxylation is 1. The third-order valence-corrected chi connectivity index (χ3v) is 5.34. The Balaban J connectivity index is 2.17. The summed E-state index contributed by atoms with van der Waals surface area (Å²) in [6.07, 6.45) is 0.705. The molecule has 1 N–H and O–H groups in total. The normalized spacial score (nSPS) is 12.1. The number of halogens is 1. The molecule has 0 atom stereocenters. The summed E-state index contributed by atoms with van der Waals surface area (Å²) < 4.78 is 47.8. The number of sulfonamides is 1. The van der Waals surface area contributed by atoms with Gasteiger partial charge in [0.15, 0.2) is 0 Å². The lowest BCUT2D eigenvalue weighted by molar-refractivity contribution is 0.0778. The van der Waals surface area contributed by atoms with Crippen LogP contribution >= 0.6 is 0 Å². The first-order valence-corrected chi connectivity index (χ1v) is 9.64. The van der Waals surface area contributed by atoms with E-state index >= 15 is 0 Å². The molecule has 138 valence electrons. The first-order valence-electron chi connectivity index (χ1n) is 8.16. The number of nitrogens with one attached hydrogen (secondary N) is 1. The van der Waals surface area contributed by atoms with Gasteiger partial charge in [-0.05, 0) is 58.4 Å². The lowest BCUT2D eigenvalue weighted by atomic mass is 10.3. The second-order valence-electron chi connectivity index (χ2n) is 6.06. The molecule has 8 heteroatoms. The molecule has 0 amide bonds. The Bertz CT molecular complexity index is 814. The molecule has 2 rings (SSSR count). The Labute approximate surface area is 148 Å². The lowest BCUT2D eigenvalue weighted by Gasteiger charge is -2.09. The van der Waals surface area contributed by atoms with Crippen LogP contribution < -0.4 is 4.72 Å². The molecule has 25 heavy (non-hydrogen) atoms. The first-order chi connectivity index (χ1) is 11.7. The summed E-state index contributed by atoms with van der Waals surface area (Å²) in [5.74, 6) is -0.358. The van der Waals surface area contributed by atoms with E-state index in [0.29, 0.717) is 30.1 Å². The summed E-state index contributed by atoms with van der Waals surface area (Å²) in [7, 11) is -3.68. The second-order valence-corrected chi connectivity index (χ2v) is 7.76. The van der Waals surface area contributed by atoms with E-state index in [1.165, 1.54) is 16.8 Å². The molecular formula is C17H24FN3O3S. The number of ether oxygens (including phenoxy) is 1. The van der Waals surface area contributed by atoms with Gasteiger partial charge in [-0.15, -0.1) is 0 Å². The van der Waals surface area contributed by atoms with E-state index < -0.39 is 10.0 Å². The summed E-state index contributed by atoms with van der Waals surface area (Å²) in [5.41, 5.74) is 1.48. The second kappa shape index (κ2) is 8.07. The molecule has 0 aliphatic heterocycles. The highest BCUT2D eigenvalue weighted by Gasteiger charge is 2.24. The van der Waals surface area contributed by atoms with Crippen LogP contribution in [0.25, 0.3) is 5.69 Å². The zero-order chi connectivity index (χ0) is 18.6. The Morgan fingerprint density at radius 1 is 1.24 bits per heavy atom. The molecule has 6 nitrogen and oxygen atoms in total. The van der Waals surface area contributed by atoms with Gasteiger partial charge >= 0.3 is 0 Å². The topological polar surface area (TPSA) is 73.2 Å². The standard InChI is InChI=1S/C17H24FN3O3S/c1-12(2)24-11-5-10-19-25(22,23)17-13(3)20-21(14(17)4)16-8-6-15(18)7-9-16/h6-9,12,19H,5,10-11H2,1-4H3. The van der Waals surface area contributed by atoms with Gasteiger partial charge in [0, 0.05) is 13.2 Å². The van der Waals surface area contributed by atoms with Crippen molar-refractivity contribution < 1.29 is 17.5 Å². The first kappa shape index (κ1) is 19.6. The van der Waals surface area contributed by atoms with Crippen molar-refractivity contribution >= 4 is 10.0 Å². The summed E-state index contributed by atoms with van der Waals surface area (Å²) in [5, 5.41) is 4.29. The van der Waals surface area contributed by atoms with E-state index in [9.17, 15) is 12.8 Å². The molecular weight excluding hydrogens is 345 g/mol. The molecule has 0 bridgehead atoms. The van der Waals surface area contributed by atoms with E-state index in [2.05, 4.69) is 9.82 Å². The van der Waals surface area contributed by atoms with Gasteiger partial charge in [-0.25, -0.2) is 22.2 Å². The highest BCUT2D eigenvalue weighted by molar-refractivity contribution is 7.89. The fourth-order valence-corrected chi connectivity index (χ4v) is 3.98. The predicted molar refractivity (Wildman–Crippen MR) is 93.9 cm³/mol. The molecule has 1 aromatic heterocycles. The van der Waals surface area contributed by atoms with Gasteiger partial charge < -0.3 is 4.74 Å². The summed E-state index contributed by atoms with van der Waals surface area (Å²) in [6, 6.07) is 5.74. The third kappa shape index (κ3) is 4.87. The van der Waals surface area contributed by atoms with Crippen molar-refractivity contribution in [2.45, 2.75) is 45.1 Å². The van der Waals surface area contributed by atoms with E-state index in [0.717, 1.165) is 0 Å². The van der Waals surface area contributed by atoms with Crippen molar-refractivity contribution in [2.24, 2.45) is 0 Å². The highest BCUT2D eigenvalue weighted by atomic mass is 32.2. The van der Waals surface area contributed by atoms with Gasteiger partial charge in [0.1, 0.15) is 10.7 Å². The van der Waals surface area contributed by atoms with E-state index in [1.807, 2.05) is 13.8 Å². The van der Waals surface area contributed by atoms with Crippen molar-refractivity contribution in [3.8, 4) is 5.69 Å². The summed E-state index contributed by atoms with van der Waals surface area (Å²) >= 11 is 0. The average Bonchev–Trinajstić information content (AvgIpc) is 2.82. The maximum atomic E-state index is 13.1. The maximum Gasteiger partial charge on any atom is 0.244 e. The number of benzene rings is 1. The van der Waals surface area contributed by atoms with Gasteiger partial charge in [0.2, 0.25) is 10.0 Å². The number of hydrogen-bond donors (Lipinski definition) is 1. The van der Waals surface area contributed by atoms with Crippen molar-refractivity contribution in [3.63, 3.8) is 0 Å². The molecule has 0 aliphatic carbocycles. The van der Waals surface area contributed by atoms with Crippen molar-refractivity contribution in [1.82, 2.24) is 14.5 Å². The van der Waals surface area contributed by atoms with Crippen LogP contribution in [0.15, 0.2) is 29.2 Å². The average molecular weight is 369 g/mol. The molecule has 0 radical (unpaired) electrons. The summed E-state index contributed by atoms with van der Waals surface area (Å²) in [4.78, 5) is 0.154. The molecule has 0 saturated heterocycles. The van der Waals surface area contributed by atoms with Crippen LogP contribution in [-0.4, -0.2) is 37.5 Å². The van der Waals surface area contributed by atoms with Crippen LogP contribution in [0.5, 0.6) is 0 Å². The Morgan fingerprint density at radius 3 is 2.48 bits per heavy atom. The molecule has 0 unspecified atom stereocenters. The van der Waals surface area contributed by atoms with Crippen LogP contribution in [0.4, 0.5) is 4.39 Å². The smallest absolute Gasteiger partial charge is 0.244 e. The third-order valence-electron chi connectivity index (χ3n) is 3.63. The Hall–Kier alpha value is -1.77. The van der Waals surface area contributed by atoms with Gasteiger partial charge in [-0.3, -0.25) is 0 Å². The number of nitrogens with zero attached hydrogens (tertiary/aromatic N) is 2. The van der Waals surface area contributed by atoms with Crippen molar-refractivity contribution in [2.75, 3.05) is 13.2 Å². The molecule has 0 aliphatic rings. The van der Waals surface area contributed by atoms with E-state index in [1.54, 1.807) is 26.0 Å². The minimum absolute atomic E-state index is 0.120. The minimum Gasteiger partial charge on any atom is -0.379 e. The SMILES string of the molecule is Cc1nn(-c2ccc(F)cc2)c(C)c1S(=O)(=O)NCCCOC(C)C. The van der Waals surface area contributed by atoms with Gasteiger partial charge in [-0.1, -0.05) is 0 Å². The molecule has 2 aromatic rings. The van der Waals surface area contributed by atoms with Gasteiger partial charge in [-0.2, -0.15) is 5.10 Å². The highest BCUT2D eigenvalue weighted by Crippen LogP contribution is 2.22. The number of hydrogen-bond acceptors (Lipinski definition) is 4. The fraction of sp³-hybridized carbons (Fsp3) is 0.471. The largest absolute Gasteiger partial charge is 0.379 e. The lowest BCUT2D eigenvalue weighted by Crippen LogP contribution is -2.26. The van der Waals surface area contributed by atoms with Crippen LogP contribution in [0.3, 0.4) is 0 Å². The zero-order valence-electron chi connectivity index (χ0n) is 14.9. The minimum atomic E-state index is -3.68. The van der Waals surface area contributed by atoms with Crippen LogP contribution in [0, 0.1) is 19.7 Å². The number of aromatic nitrogens is 2. The monoisotopic (exact) mass is 369 g/mol. The van der Waals surface area contributed by atoms with Gasteiger partial charge in [0.05, 0.1) is 23.2 Å². The predicted octanol–water partition coefficient (Wildman–Crippen LogP) is 2.72. The Morgan fingerprint density at radius 2 is 1.88 bits per heavy atom. The summed E-state index contributed by atoms with van der Waals surface area (Å²) in [6.45, 7) is 7.97. The van der Waals surface area contributed by atoms with Crippen LogP contribution in [-0.2, 0) is 14.8 Å². The van der Waals surface area contributed by atoms with Crippen molar-refractivity contribution in [1.29, 1.82) is 0 Å². The molecule has 1 aromatic carbocycles. The molecule has 1 heterocycles. The fourth-order valence-electron chi connectivity index (χ4n) is 2.52. The van der Waals surface area contributed by atoms with Gasteiger partial charge in [0.25, 0.3) is 0 Å². The molecule has 0 fully saturated rings. The quantitative estimate of drug-likeness (QED) is 0.726. The van der Waals surface area contributed by atoms with E-state index in [4.69, 9.17) is 4.74 Å². The van der Waals surface area contributed by atoms with E-state index in [-0.39, 0.29) is 23.4 Å². The maximum absolute atomic E-state index is 13.1. The van der Waals surface area contributed by atoms with Crippen LogP contribution in [0.1, 0.15) is 31.7 Å². The van der Waals surface area contributed by atoms with Crippen LogP contribution in [0.2, 0.25) is 0 Å². The zero-order valence-corrected chi connectivity index (χ0v) is 15.7. The Kier molecular flexibility index (Phi) is 6.31. The molecule has 0 saturated carbocycles. The van der Waals surface area contributed by atoms with Crippen molar-refractivity contribution in [3.05, 3.63) is 41.5 Å².